The van der Waals surface area contributed by atoms with Crippen molar-refractivity contribution >= 4 is 21.4 Å². The molecule has 28 heavy (non-hydrogen) atoms. The number of alkyl halides is 3. The zero-order chi connectivity index (χ0) is 20.5. The third-order valence-corrected chi connectivity index (χ3v) is 5.22. The molecule has 2 aromatic carbocycles. The van der Waals surface area contributed by atoms with Crippen LogP contribution in [0.25, 0.3) is 5.69 Å². The molecule has 0 aliphatic rings. The van der Waals surface area contributed by atoms with Crippen LogP contribution in [0.2, 0.25) is 0 Å². The lowest BCUT2D eigenvalue weighted by Gasteiger charge is -2.10. The highest BCUT2D eigenvalue weighted by Crippen LogP contribution is 2.30. The number of halogens is 4. The third kappa shape index (κ3) is 3.74. The van der Waals surface area contributed by atoms with Gasteiger partial charge < -0.3 is 9.88 Å². The highest BCUT2D eigenvalue weighted by molar-refractivity contribution is 7.92. The molecule has 6 nitrogen and oxygen atoms in total. The van der Waals surface area contributed by atoms with Crippen molar-refractivity contribution in [2.75, 3.05) is 5.32 Å². The second kappa shape index (κ2) is 7.08. The second-order valence-corrected chi connectivity index (χ2v) is 7.51. The van der Waals surface area contributed by atoms with Gasteiger partial charge in [0.05, 0.1) is 16.9 Å². The maximum Gasteiger partial charge on any atom is 0.501 e. The molecule has 3 aromatic rings. The average Bonchev–Trinajstić information content (AvgIpc) is 3.15. The van der Waals surface area contributed by atoms with E-state index in [1.165, 1.54) is 35.4 Å². The molecule has 0 atom stereocenters. The number of hydrogen-bond donors (Lipinski definition) is 1. The van der Waals surface area contributed by atoms with Gasteiger partial charge in [0, 0.05) is 23.6 Å². The minimum absolute atomic E-state index is 0.0970. The van der Waals surface area contributed by atoms with Crippen molar-refractivity contribution in [1.82, 2.24) is 9.55 Å². The predicted molar refractivity (Wildman–Crippen MR) is 91.2 cm³/mol. The summed E-state index contributed by atoms with van der Waals surface area (Å²) in [4.78, 5) is 15.0. The third-order valence-electron chi connectivity index (χ3n) is 3.72. The first-order valence-electron chi connectivity index (χ1n) is 7.60. The molecule has 11 heteroatoms. The molecule has 1 amide bonds. The van der Waals surface area contributed by atoms with Crippen LogP contribution in [0.1, 0.15) is 10.4 Å². The molecule has 1 aromatic heterocycles. The van der Waals surface area contributed by atoms with Gasteiger partial charge in [-0.2, -0.15) is 13.2 Å². The fourth-order valence-corrected chi connectivity index (χ4v) is 3.08. The largest absolute Gasteiger partial charge is 0.501 e. The molecule has 0 aliphatic heterocycles. The summed E-state index contributed by atoms with van der Waals surface area (Å²) in [5, 5.41) is 2.38. The standard InChI is InChI=1S/C17H11F4N3O3S/c18-14-9-12(3-6-15(14)24-8-7-22-10-24)23-16(25)11-1-4-13(5-2-11)28(26,27)17(19,20)21/h1-10H,(H,23,25). The molecule has 0 fully saturated rings. The number of amides is 1. The number of sulfone groups is 1. The topological polar surface area (TPSA) is 81.1 Å². The van der Waals surface area contributed by atoms with Crippen molar-refractivity contribution in [3.8, 4) is 5.69 Å². The van der Waals surface area contributed by atoms with Crippen LogP contribution in [0, 0.1) is 5.82 Å². The number of carbonyl (C=O) groups excluding carboxylic acids is 1. The van der Waals surface area contributed by atoms with Crippen LogP contribution >= 0.6 is 0 Å². The number of benzene rings is 2. The molecule has 0 saturated heterocycles. The summed E-state index contributed by atoms with van der Waals surface area (Å²) in [5.41, 5.74) is -5.22. The zero-order valence-corrected chi connectivity index (χ0v) is 14.6. The van der Waals surface area contributed by atoms with Gasteiger partial charge in [-0.3, -0.25) is 4.79 Å². The molecule has 1 heterocycles. The van der Waals surface area contributed by atoms with E-state index >= 15 is 0 Å². The number of rotatable bonds is 4. The second-order valence-electron chi connectivity index (χ2n) is 5.56. The fraction of sp³-hybridized carbons (Fsp3) is 0.0588. The van der Waals surface area contributed by atoms with E-state index in [2.05, 4.69) is 10.3 Å². The maximum absolute atomic E-state index is 14.2. The van der Waals surface area contributed by atoms with Crippen LogP contribution in [0.5, 0.6) is 0 Å². The normalized spacial score (nSPS) is 12.0. The van der Waals surface area contributed by atoms with Crippen molar-refractivity contribution < 1.29 is 30.8 Å². The number of aromatic nitrogens is 2. The molecular formula is C17H11F4N3O3S. The van der Waals surface area contributed by atoms with Gasteiger partial charge in [0.25, 0.3) is 15.7 Å². The van der Waals surface area contributed by atoms with Crippen molar-refractivity contribution in [2.24, 2.45) is 0 Å². The Morgan fingerprint density at radius 1 is 1.07 bits per heavy atom. The van der Waals surface area contributed by atoms with Gasteiger partial charge in [-0.25, -0.2) is 17.8 Å². The van der Waals surface area contributed by atoms with Crippen LogP contribution in [0.15, 0.2) is 66.1 Å². The molecule has 0 spiro atoms. The summed E-state index contributed by atoms with van der Waals surface area (Å²) in [7, 11) is -5.50. The van der Waals surface area contributed by atoms with E-state index in [0.717, 1.165) is 18.2 Å². The summed E-state index contributed by atoms with van der Waals surface area (Å²) in [5.74, 6) is -1.38. The highest BCUT2D eigenvalue weighted by atomic mass is 32.2. The van der Waals surface area contributed by atoms with Crippen molar-refractivity contribution in [3.05, 3.63) is 72.6 Å². The van der Waals surface area contributed by atoms with E-state index in [9.17, 15) is 30.8 Å². The molecule has 0 saturated carbocycles. The summed E-state index contributed by atoms with van der Waals surface area (Å²) in [6, 6.07) is 7.13. The Kier molecular flexibility index (Phi) is 4.94. The minimum Gasteiger partial charge on any atom is -0.322 e. The Balaban J connectivity index is 1.78. The first-order valence-corrected chi connectivity index (χ1v) is 9.08. The van der Waals surface area contributed by atoms with Gasteiger partial charge in [0.1, 0.15) is 5.82 Å². The van der Waals surface area contributed by atoms with E-state index in [1.54, 1.807) is 0 Å². The predicted octanol–water partition coefficient (Wildman–Crippen LogP) is 3.56. The van der Waals surface area contributed by atoms with Gasteiger partial charge in [-0.1, -0.05) is 0 Å². The van der Waals surface area contributed by atoms with Crippen LogP contribution in [0.3, 0.4) is 0 Å². The Labute approximate surface area is 156 Å². The first-order chi connectivity index (χ1) is 13.1. The van der Waals surface area contributed by atoms with E-state index in [1.807, 2.05) is 0 Å². The number of imidazole rings is 1. The van der Waals surface area contributed by atoms with Crippen LogP contribution in [-0.2, 0) is 9.84 Å². The monoisotopic (exact) mass is 413 g/mol. The van der Waals surface area contributed by atoms with E-state index in [-0.39, 0.29) is 16.9 Å². The lowest BCUT2D eigenvalue weighted by molar-refractivity contribution is -0.0436. The lowest BCUT2D eigenvalue weighted by atomic mass is 10.2. The Bertz CT molecular complexity index is 1110. The molecule has 146 valence electrons. The van der Waals surface area contributed by atoms with Gasteiger partial charge in [-0.15, -0.1) is 0 Å². The quantitative estimate of drug-likeness (QED) is 0.664. The van der Waals surface area contributed by atoms with E-state index in [0.29, 0.717) is 12.1 Å². The number of carbonyl (C=O) groups is 1. The average molecular weight is 413 g/mol. The number of nitrogens with zero attached hydrogens (tertiary/aromatic N) is 2. The summed E-state index contributed by atoms with van der Waals surface area (Å²) < 4.78 is 75.8. The minimum atomic E-state index is -5.50. The van der Waals surface area contributed by atoms with Crippen LogP contribution < -0.4 is 5.32 Å². The van der Waals surface area contributed by atoms with E-state index in [4.69, 9.17) is 0 Å². The Hall–Kier alpha value is -3.21. The molecule has 1 N–H and O–H groups in total. The summed E-state index contributed by atoms with van der Waals surface area (Å²) in [6.07, 6.45) is 4.40. The SMILES string of the molecule is O=C(Nc1ccc(-n2ccnc2)c(F)c1)c1ccc(S(=O)(=O)C(F)(F)F)cc1. The molecule has 0 bridgehead atoms. The first kappa shape index (κ1) is 19.5. The van der Waals surface area contributed by atoms with Crippen LogP contribution in [0.4, 0.5) is 23.2 Å². The Morgan fingerprint density at radius 2 is 1.75 bits per heavy atom. The fourth-order valence-electron chi connectivity index (χ4n) is 2.32. The molecule has 3 rings (SSSR count). The van der Waals surface area contributed by atoms with E-state index < -0.39 is 32.0 Å². The summed E-state index contributed by atoms with van der Waals surface area (Å²) >= 11 is 0. The number of nitrogens with one attached hydrogen (secondary N) is 1. The highest BCUT2D eigenvalue weighted by Gasteiger charge is 2.46. The van der Waals surface area contributed by atoms with Crippen molar-refractivity contribution in [3.63, 3.8) is 0 Å². The molecule has 0 unspecified atom stereocenters. The molecule has 0 aliphatic carbocycles. The molecule has 0 radical (unpaired) electrons. The van der Waals surface area contributed by atoms with Gasteiger partial charge in [-0.05, 0) is 42.5 Å². The van der Waals surface area contributed by atoms with Crippen LogP contribution in [-0.4, -0.2) is 29.4 Å². The maximum atomic E-state index is 14.2. The summed E-state index contributed by atoms with van der Waals surface area (Å²) in [6.45, 7) is 0. The smallest absolute Gasteiger partial charge is 0.322 e. The lowest BCUT2D eigenvalue weighted by Crippen LogP contribution is -2.23. The van der Waals surface area contributed by atoms with Crippen molar-refractivity contribution in [2.45, 2.75) is 10.4 Å². The van der Waals surface area contributed by atoms with Gasteiger partial charge in [0.2, 0.25) is 0 Å². The Morgan fingerprint density at radius 3 is 2.29 bits per heavy atom. The van der Waals surface area contributed by atoms with Gasteiger partial charge in [0.15, 0.2) is 0 Å². The van der Waals surface area contributed by atoms with Gasteiger partial charge >= 0.3 is 5.51 Å². The van der Waals surface area contributed by atoms with Crippen molar-refractivity contribution in [1.29, 1.82) is 0 Å². The molecular weight excluding hydrogens is 402 g/mol. The zero-order valence-electron chi connectivity index (χ0n) is 13.8. The number of hydrogen-bond acceptors (Lipinski definition) is 4. The number of anilines is 1.